The molecule has 0 bridgehead atoms. The van der Waals surface area contributed by atoms with Gasteiger partial charge in [-0.25, -0.2) is 4.39 Å². The Morgan fingerprint density at radius 1 is 1.78 bits per heavy atom. The summed E-state index contributed by atoms with van der Waals surface area (Å²) in [5.41, 5.74) is -0.0799. The molecule has 0 saturated carbocycles. The van der Waals surface area contributed by atoms with Crippen LogP contribution in [0.4, 0.5) is 4.39 Å². The Hall–Kier alpha value is -0.500. The van der Waals surface area contributed by atoms with Crippen molar-refractivity contribution in [3.8, 4) is 0 Å². The Kier molecular flexibility index (Phi) is 1.76. The highest BCUT2D eigenvalue weighted by molar-refractivity contribution is 6.22. The van der Waals surface area contributed by atoms with Crippen LogP contribution in [0.3, 0.4) is 0 Å². The molecule has 1 N–H and O–H groups in total. The molecular weight excluding hydrogens is 141 g/mol. The number of hydrogen-bond donors (Lipinski definition) is 1. The standard InChI is InChI=1S/C6H7ClFN/c1-4-2-3-9-6(7)5(4)8/h2-3,6,9H,1H3. The lowest BCUT2D eigenvalue weighted by atomic mass is 10.2. The maximum Gasteiger partial charge on any atom is 0.153 e. The molecule has 1 heterocycles. The summed E-state index contributed by atoms with van der Waals surface area (Å²) in [7, 11) is 0. The van der Waals surface area contributed by atoms with Crippen LogP contribution in [0.5, 0.6) is 0 Å². The van der Waals surface area contributed by atoms with E-state index < -0.39 is 5.50 Å². The normalized spacial score (nSPS) is 26.3. The van der Waals surface area contributed by atoms with Crippen molar-refractivity contribution in [1.82, 2.24) is 5.32 Å². The van der Waals surface area contributed by atoms with Crippen molar-refractivity contribution < 1.29 is 4.39 Å². The van der Waals surface area contributed by atoms with E-state index in [0.29, 0.717) is 5.57 Å². The minimum Gasteiger partial charge on any atom is -0.370 e. The van der Waals surface area contributed by atoms with Crippen LogP contribution >= 0.6 is 11.6 Å². The molecule has 0 aromatic heterocycles. The van der Waals surface area contributed by atoms with E-state index in [1.54, 1.807) is 19.2 Å². The summed E-state index contributed by atoms with van der Waals surface area (Å²) in [6, 6.07) is 0. The quantitative estimate of drug-likeness (QED) is 0.408. The van der Waals surface area contributed by atoms with E-state index in [1.807, 2.05) is 0 Å². The summed E-state index contributed by atoms with van der Waals surface area (Å²) in [6.07, 6.45) is 3.28. The van der Waals surface area contributed by atoms with Crippen molar-refractivity contribution in [1.29, 1.82) is 0 Å². The van der Waals surface area contributed by atoms with Gasteiger partial charge in [0.25, 0.3) is 0 Å². The second kappa shape index (κ2) is 2.40. The predicted octanol–water partition coefficient (Wildman–Crippen LogP) is 1.91. The highest BCUT2D eigenvalue weighted by Crippen LogP contribution is 2.17. The van der Waals surface area contributed by atoms with E-state index >= 15 is 0 Å². The van der Waals surface area contributed by atoms with E-state index in [4.69, 9.17) is 11.6 Å². The average molecular weight is 148 g/mol. The lowest BCUT2D eigenvalue weighted by Gasteiger charge is -2.12. The molecule has 0 aromatic rings. The fourth-order valence-electron chi connectivity index (χ4n) is 0.610. The fourth-order valence-corrected chi connectivity index (χ4v) is 0.855. The van der Waals surface area contributed by atoms with E-state index in [1.165, 1.54) is 0 Å². The molecule has 1 atom stereocenters. The first kappa shape index (κ1) is 6.62. The number of dihydropyridines is 1. The molecule has 1 aliphatic heterocycles. The van der Waals surface area contributed by atoms with Gasteiger partial charge in [-0.1, -0.05) is 11.6 Å². The monoisotopic (exact) mass is 147 g/mol. The highest BCUT2D eigenvalue weighted by Gasteiger charge is 2.13. The van der Waals surface area contributed by atoms with Crippen LogP contribution in [-0.2, 0) is 0 Å². The zero-order valence-corrected chi connectivity index (χ0v) is 5.74. The van der Waals surface area contributed by atoms with Crippen LogP contribution in [0.15, 0.2) is 23.7 Å². The summed E-state index contributed by atoms with van der Waals surface area (Å²) >= 11 is 5.47. The van der Waals surface area contributed by atoms with Crippen LogP contribution < -0.4 is 5.32 Å². The van der Waals surface area contributed by atoms with Gasteiger partial charge in [0.1, 0.15) is 5.83 Å². The summed E-state index contributed by atoms with van der Waals surface area (Å²) in [6.45, 7) is 1.68. The van der Waals surface area contributed by atoms with Gasteiger partial charge in [-0.05, 0) is 24.8 Å². The minimum absolute atomic E-state index is 0.292. The maximum absolute atomic E-state index is 12.6. The van der Waals surface area contributed by atoms with Crippen molar-refractivity contribution in [2.45, 2.75) is 12.4 Å². The molecule has 0 amide bonds. The second-order valence-electron chi connectivity index (χ2n) is 1.89. The average Bonchev–Trinajstić information content (AvgIpc) is 1.83. The van der Waals surface area contributed by atoms with Crippen LogP contribution in [0.25, 0.3) is 0 Å². The Labute approximate surface area is 58.2 Å². The molecule has 0 saturated heterocycles. The highest BCUT2D eigenvalue weighted by atomic mass is 35.5. The number of allylic oxidation sites excluding steroid dienone is 2. The zero-order chi connectivity index (χ0) is 6.85. The van der Waals surface area contributed by atoms with Crippen LogP contribution in [0.1, 0.15) is 6.92 Å². The second-order valence-corrected chi connectivity index (χ2v) is 2.33. The van der Waals surface area contributed by atoms with Gasteiger partial charge in [0.2, 0.25) is 0 Å². The van der Waals surface area contributed by atoms with Gasteiger partial charge < -0.3 is 5.32 Å². The Balaban J connectivity index is 2.83. The lowest BCUT2D eigenvalue weighted by Crippen LogP contribution is -2.21. The molecule has 0 aliphatic carbocycles. The molecule has 0 spiro atoms. The smallest absolute Gasteiger partial charge is 0.153 e. The van der Waals surface area contributed by atoms with Crippen molar-refractivity contribution in [2.24, 2.45) is 0 Å². The molecule has 0 fully saturated rings. The molecule has 1 aliphatic rings. The first-order valence-corrected chi connectivity index (χ1v) is 3.08. The van der Waals surface area contributed by atoms with Gasteiger partial charge in [-0.15, -0.1) is 0 Å². The SMILES string of the molecule is CC1=C(F)C(Cl)NC=C1. The van der Waals surface area contributed by atoms with Crippen LogP contribution in [0, 0.1) is 0 Å². The van der Waals surface area contributed by atoms with Gasteiger partial charge in [-0.2, -0.15) is 0 Å². The molecular formula is C6H7ClFN. The summed E-state index contributed by atoms with van der Waals surface area (Å²) in [5.74, 6) is -0.292. The number of nitrogens with one attached hydrogen (secondary N) is 1. The molecule has 1 nitrogen and oxygen atoms in total. The third-order valence-corrected chi connectivity index (χ3v) is 1.49. The Morgan fingerprint density at radius 3 is 2.89 bits per heavy atom. The van der Waals surface area contributed by atoms with Crippen molar-refractivity contribution >= 4 is 11.6 Å². The number of halogens is 2. The topological polar surface area (TPSA) is 12.0 Å². The largest absolute Gasteiger partial charge is 0.370 e. The summed E-state index contributed by atoms with van der Waals surface area (Å²) < 4.78 is 12.6. The molecule has 1 unspecified atom stereocenters. The molecule has 1 rings (SSSR count). The first-order chi connectivity index (χ1) is 4.22. The number of hydrogen-bond acceptors (Lipinski definition) is 1. The lowest BCUT2D eigenvalue weighted by molar-refractivity contribution is 0.561. The number of alkyl halides is 1. The van der Waals surface area contributed by atoms with Gasteiger partial charge in [-0.3, -0.25) is 0 Å². The van der Waals surface area contributed by atoms with Crippen LogP contribution in [-0.4, -0.2) is 5.50 Å². The molecule has 0 radical (unpaired) electrons. The van der Waals surface area contributed by atoms with E-state index in [-0.39, 0.29) is 5.83 Å². The van der Waals surface area contributed by atoms with Crippen LogP contribution in [0.2, 0.25) is 0 Å². The van der Waals surface area contributed by atoms with Crippen molar-refractivity contribution in [3.63, 3.8) is 0 Å². The predicted molar refractivity (Wildman–Crippen MR) is 35.7 cm³/mol. The van der Waals surface area contributed by atoms with Gasteiger partial charge in [0.05, 0.1) is 0 Å². The van der Waals surface area contributed by atoms with E-state index in [9.17, 15) is 4.39 Å². The molecule has 3 heteroatoms. The summed E-state index contributed by atoms with van der Waals surface area (Å²) in [5, 5.41) is 2.61. The number of rotatable bonds is 0. The van der Waals surface area contributed by atoms with E-state index in [0.717, 1.165) is 0 Å². The van der Waals surface area contributed by atoms with Gasteiger partial charge in [0.15, 0.2) is 5.50 Å². The van der Waals surface area contributed by atoms with Crippen molar-refractivity contribution in [2.75, 3.05) is 0 Å². The van der Waals surface area contributed by atoms with Gasteiger partial charge >= 0.3 is 0 Å². The fraction of sp³-hybridized carbons (Fsp3) is 0.333. The molecule has 0 aromatic carbocycles. The van der Waals surface area contributed by atoms with Crippen molar-refractivity contribution in [3.05, 3.63) is 23.7 Å². The summed E-state index contributed by atoms with van der Waals surface area (Å²) in [4.78, 5) is 0. The minimum atomic E-state index is -0.671. The first-order valence-electron chi connectivity index (χ1n) is 2.65. The maximum atomic E-state index is 12.6. The Bertz CT molecular complexity index is 174. The molecule has 50 valence electrons. The Morgan fingerprint density at radius 2 is 2.44 bits per heavy atom. The van der Waals surface area contributed by atoms with Gasteiger partial charge in [0, 0.05) is 0 Å². The third-order valence-electron chi connectivity index (χ3n) is 1.18. The molecule has 9 heavy (non-hydrogen) atoms. The third kappa shape index (κ3) is 1.24. The van der Waals surface area contributed by atoms with E-state index in [2.05, 4.69) is 5.32 Å². The zero-order valence-electron chi connectivity index (χ0n) is 4.99.